The van der Waals surface area contributed by atoms with Gasteiger partial charge in [-0.25, -0.2) is 9.98 Å². The van der Waals surface area contributed by atoms with Gasteiger partial charge in [-0.15, -0.1) is 0 Å². The number of fused-ring (bicyclic) bond motifs is 1. The molecule has 7 nitrogen and oxygen atoms in total. The molecule has 4 aromatic rings. The van der Waals surface area contributed by atoms with Gasteiger partial charge in [0.15, 0.2) is 16.3 Å². The van der Waals surface area contributed by atoms with Crippen molar-refractivity contribution in [1.29, 1.82) is 0 Å². The zero-order chi connectivity index (χ0) is 22.1. The first-order chi connectivity index (χ1) is 15.6. The molecule has 32 heavy (non-hydrogen) atoms. The molecular formula is C24H19BrN4O3. The number of aliphatic imine (C=N–C) groups is 1. The Labute approximate surface area is 192 Å². The highest BCUT2D eigenvalue weighted by atomic mass is 79.9. The Kier molecular flexibility index (Phi) is 5.36. The molecule has 0 radical (unpaired) electrons. The quantitative estimate of drug-likeness (QED) is 0.393. The van der Waals surface area contributed by atoms with E-state index in [2.05, 4.69) is 30.9 Å². The van der Waals surface area contributed by atoms with E-state index in [9.17, 15) is 4.79 Å². The first-order valence-electron chi connectivity index (χ1n) is 10.1. The molecule has 1 N–H and O–H groups in total. The van der Waals surface area contributed by atoms with E-state index in [1.165, 1.54) is 0 Å². The number of halogens is 1. The number of benzene rings is 2. The third-order valence-corrected chi connectivity index (χ3v) is 5.60. The van der Waals surface area contributed by atoms with E-state index < -0.39 is 0 Å². The maximum atomic E-state index is 13.3. The fourth-order valence-corrected chi connectivity index (χ4v) is 3.89. The van der Waals surface area contributed by atoms with E-state index in [4.69, 9.17) is 9.15 Å². The number of rotatable bonds is 6. The van der Waals surface area contributed by atoms with Crippen LogP contribution in [0.1, 0.15) is 17.1 Å². The summed E-state index contributed by atoms with van der Waals surface area (Å²) in [6, 6.07) is 18.9. The number of furan rings is 1. The number of ether oxygens (including phenoxy) is 1. The fraction of sp³-hybridized carbons (Fsp3) is 0.125. The number of imidazole rings is 1. The number of nitrogens with one attached hydrogen (secondary N) is 1. The summed E-state index contributed by atoms with van der Waals surface area (Å²) < 4.78 is 11.5. The molecule has 8 heteroatoms. The summed E-state index contributed by atoms with van der Waals surface area (Å²) in [5.41, 5.74) is 3.08. The van der Waals surface area contributed by atoms with Gasteiger partial charge in [0.05, 0.1) is 18.1 Å². The van der Waals surface area contributed by atoms with Gasteiger partial charge in [-0.3, -0.25) is 9.69 Å². The highest BCUT2D eigenvalue weighted by molar-refractivity contribution is 9.10. The van der Waals surface area contributed by atoms with Gasteiger partial charge >= 0.3 is 0 Å². The Bertz CT molecular complexity index is 1320. The van der Waals surface area contributed by atoms with Crippen molar-refractivity contribution in [3.63, 3.8) is 0 Å². The van der Waals surface area contributed by atoms with Gasteiger partial charge in [0, 0.05) is 13.0 Å². The normalized spacial score (nSPS) is 15.1. The third-order valence-electron chi connectivity index (χ3n) is 5.17. The van der Waals surface area contributed by atoms with Crippen molar-refractivity contribution in [3.8, 4) is 5.75 Å². The second kappa shape index (κ2) is 8.47. The predicted octanol–water partition coefficient (Wildman–Crippen LogP) is 4.80. The topological polar surface area (TPSA) is 83.7 Å². The SMILES string of the molecule is COc1ccc(/C=C2\N=C(c3ccc(Br)o3)N(CCc3nc4ccccc4[nH]3)C2=O)cc1. The maximum Gasteiger partial charge on any atom is 0.278 e. The maximum absolute atomic E-state index is 13.3. The Morgan fingerprint density at radius 3 is 2.66 bits per heavy atom. The first-order valence-corrected chi connectivity index (χ1v) is 10.9. The summed E-state index contributed by atoms with van der Waals surface area (Å²) in [7, 11) is 1.62. The van der Waals surface area contributed by atoms with Crippen molar-refractivity contribution in [3.05, 3.63) is 88.2 Å². The van der Waals surface area contributed by atoms with Crippen molar-refractivity contribution >= 4 is 44.8 Å². The Morgan fingerprint density at radius 2 is 1.94 bits per heavy atom. The number of methoxy groups -OCH3 is 1. The van der Waals surface area contributed by atoms with Gasteiger partial charge in [-0.05, 0) is 64.0 Å². The second-order valence-electron chi connectivity index (χ2n) is 7.25. The number of nitrogens with zero attached hydrogens (tertiary/aromatic N) is 3. The van der Waals surface area contributed by atoms with Crippen LogP contribution in [0, 0.1) is 0 Å². The van der Waals surface area contributed by atoms with Crippen molar-refractivity contribution in [2.45, 2.75) is 6.42 Å². The molecule has 1 aliphatic rings. The Balaban J connectivity index is 1.43. The minimum absolute atomic E-state index is 0.181. The van der Waals surface area contributed by atoms with E-state index >= 15 is 0 Å². The summed E-state index contributed by atoms with van der Waals surface area (Å²) in [6.45, 7) is 0.412. The second-order valence-corrected chi connectivity index (χ2v) is 8.03. The molecule has 0 spiro atoms. The highest BCUT2D eigenvalue weighted by Gasteiger charge is 2.32. The van der Waals surface area contributed by atoms with Crippen molar-refractivity contribution < 1.29 is 13.9 Å². The van der Waals surface area contributed by atoms with Gasteiger partial charge < -0.3 is 14.1 Å². The lowest BCUT2D eigenvalue weighted by atomic mass is 10.2. The molecular weight excluding hydrogens is 472 g/mol. The number of amidine groups is 1. The minimum atomic E-state index is -0.181. The first kappa shape index (κ1) is 20.3. The zero-order valence-corrected chi connectivity index (χ0v) is 18.8. The fourth-order valence-electron chi connectivity index (χ4n) is 3.58. The van der Waals surface area contributed by atoms with Crippen LogP contribution in [-0.2, 0) is 11.2 Å². The molecule has 0 bridgehead atoms. The van der Waals surface area contributed by atoms with Crippen molar-refractivity contribution in [2.24, 2.45) is 4.99 Å². The minimum Gasteiger partial charge on any atom is -0.497 e. The van der Waals surface area contributed by atoms with Crippen molar-refractivity contribution in [2.75, 3.05) is 13.7 Å². The van der Waals surface area contributed by atoms with E-state index in [0.29, 0.717) is 34.9 Å². The third kappa shape index (κ3) is 3.97. The zero-order valence-electron chi connectivity index (χ0n) is 17.2. The molecule has 0 unspecified atom stereocenters. The number of hydrogen-bond donors (Lipinski definition) is 1. The summed E-state index contributed by atoms with van der Waals surface area (Å²) in [5, 5.41) is 0. The predicted molar refractivity (Wildman–Crippen MR) is 125 cm³/mol. The average molecular weight is 491 g/mol. The van der Waals surface area contributed by atoms with Crippen LogP contribution in [0.15, 0.2) is 80.4 Å². The van der Waals surface area contributed by atoms with E-state index in [1.807, 2.05) is 48.5 Å². The van der Waals surface area contributed by atoms with Crippen LogP contribution in [0.5, 0.6) is 5.75 Å². The Hall–Kier alpha value is -3.65. The molecule has 160 valence electrons. The van der Waals surface area contributed by atoms with Crippen LogP contribution in [0.2, 0.25) is 0 Å². The molecule has 2 aromatic carbocycles. The van der Waals surface area contributed by atoms with Crippen molar-refractivity contribution in [1.82, 2.24) is 14.9 Å². The lowest BCUT2D eigenvalue weighted by molar-refractivity contribution is -0.122. The number of hydrogen-bond acceptors (Lipinski definition) is 5. The number of amides is 1. The number of aromatic nitrogens is 2. The summed E-state index contributed by atoms with van der Waals surface area (Å²) >= 11 is 3.33. The highest BCUT2D eigenvalue weighted by Crippen LogP contribution is 2.25. The number of carbonyl (C=O) groups is 1. The van der Waals surface area contributed by atoms with Gasteiger partial charge in [0.2, 0.25) is 0 Å². The van der Waals surface area contributed by atoms with Crippen LogP contribution in [0.25, 0.3) is 17.1 Å². The number of para-hydroxylation sites is 2. The molecule has 0 saturated carbocycles. The molecule has 0 saturated heterocycles. The number of H-pyrrole nitrogens is 1. The van der Waals surface area contributed by atoms with Crippen LogP contribution in [-0.4, -0.2) is 40.3 Å². The van der Waals surface area contributed by atoms with Crippen LogP contribution in [0.3, 0.4) is 0 Å². The largest absolute Gasteiger partial charge is 0.497 e. The summed E-state index contributed by atoms with van der Waals surface area (Å²) in [5.74, 6) is 2.39. The van der Waals surface area contributed by atoms with Crippen LogP contribution < -0.4 is 4.74 Å². The average Bonchev–Trinajstić information content (AvgIpc) is 3.50. The number of carbonyl (C=O) groups excluding carboxylic acids is 1. The molecule has 3 heterocycles. The molecule has 0 fully saturated rings. The molecule has 0 atom stereocenters. The van der Waals surface area contributed by atoms with Crippen LogP contribution in [0.4, 0.5) is 0 Å². The van der Waals surface area contributed by atoms with Gasteiger partial charge in [0.25, 0.3) is 5.91 Å². The lowest BCUT2D eigenvalue weighted by Crippen LogP contribution is -2.34. The van der Waals surface area contributed by atoms with Gasteiger partial charge in [0.1, 0.15) is 17.3 Å². The number of aromatic amines is 1. The molecule has 5 rings (SSSR count). The Morgan fingerprint density at radius 1 is 1.12 bits per heavy atom. The molecule has 2 aromatic heterocycles. The monoisotopic (exact) mass is 490 g/mol. The summed E-state index contributed by atoms with van der Waals surface area (Å²) in [4.78, 5) is 27.4. The summed E-state index contributed by atoms with van der Waals surface area (Å²) in [6.07, 6.45) is 2.32. The molecule has 1 amide bonds. The lowest BCUT2D eigenvalue weighted by Gasteiger charge is -2.16. The van der Waals surface area contributed by atoms with Gasteiger partial charge in [-0.2, -0.15) is 0 Å². The van der Waals surface area contributed by atoms with E-state index in [0.717, 1.165) is 28.2 Å². The van der Waals surface area contributed by atoms with Gasteiger partial charge in [-0.1, -0.05) is 24.3 Å². The molecule has 1 aliphatic heterocycles. The van der Waals surface area contributed by atoms with Crippen LogP contribution >= 0.6 is 15.9 Å². The molecule has 0 aliphatic carbocycles. The van der Waals surface area contributed by atoms with E-state index in [1.54, 1.807) is 30.2 Å². The standard InChI is InChI=1S/C24H19BrN4O3/c1-31-16-8-6-15(7-9-16)14-19-24(30)29(23(28-19)20-10-11-21(25)32-20)13-12-22-26-17-4-2-3-5-18(17)27-22/h2-11,14H,12-13H2,1H3,(H,26,27)/b19-14-. The smallest absolute Gasteiger partial charge is 0.278 e. The van der Waals surface area contributed by atoms with E-state index in [-0.39, 0.29) is 5.91 Å².